The summed E-state index contributed by atoms with van der Waals surface area (Å²) >= 11 is 0. The van der Waals surface area contributed by atoms with Crippen LogP contribution in [0.1, 0.15) is 57.2 Å². The molecule has 0 aliphatic rings. The van der Waals surface area contributed by atoms with Gasteiger partial charge in [-0.2, -0.15) is 0 Å². The monoisotopic (exact) mass is 484 g/mol. The van der Waals surface area contributed by atoms with Crippen molar-refractivity contribution in [3.8, 4) is 0 Å². The van der Waals surface area contributed by atoms with Crippen molar-refractivity contribution in [2.75, 3.05) is 13.1 Å². The quantitative estimate of drug-likeness (QED) is 0.330. The van der Waals surface area contributed by atoms with Crippen LogP contribution in [0.2, 0.25) is 0 Å². The van der Waals surface area contributed by atoms with E-state index in [1.54, 1.807) is 0 Å². The molecule has 0 spiro atoms. The van der Waals surface area contributed by atoms with E-state index in [1.807, 2.05) is 6.07 Å². The van der Waals surface area contributed by atoms with Crippen LogP contribution >= 0.6 is 24.0 Å². The van der Waals surface area contributed by atoms with E-state index < -0.39 is 0 Å². The number of halogens is 1. The Labute approximate surface area is 180 Å². The minimum Gasteiger partial charge on any atom is -0.361 e. The molecule has 2 rings (SSSR count). The zero-order chi connectivity index (χ0) is 19.0. The highest BCUT2D eigenvalue weighted by molar-refractivity contribution is 14.0. The van der Waals surface area contributed by atoms with Crippen LogP contribution in [0.3, 0.4) is 0 Å². The third-order valence-electron chi connectivity index (χ3n) is 4.60. The fourth-order valence-corrected chi connectivity index (χ4v) is 2.91. The number of hydrogen-bond donors (Lipinski definition) is 2. The molecule has 0 unspecified atom stereocenters. The van der Waals surface area contributed by atoms with Crippen molar-refractivity contribution in [3.05, 3.63) is 52.9 Å². The molecular formula is C21H33IN4O. The average molecular weight is 484 g/mol. The molecule has 1 aromatic carbocycles. The second kappa shape index (κ2) is 11.3. The van der Waals surface area contributed by atoms with E-state index in [-0.39, 0.29) is 29.4 Å². The second-order valence-corrected chi connectivity index (χ2v) is 7.04. The Kier molecular flexibility index (Phi) is 9.83. The number of rotatable bonds is 8. The van der Waals surface area contributed by atoms with Gasteiger partial charge in [-0.05, 0) is 18.9 Å². The van der Waals surface area contributed by atoms with E-state index in [0.29, 0.717) is 6.54 Å². The molecule has 0 fully saturated rings. The van der Waals surface area contributed by atoms with Gasteiger partial charge in [-0.1, -0.05) is 63.2 Å². The van der Waals surface area contributed by atoms with Crippen LogP contribution in [0, 0.1) is 0 Å². The Bertz CT molecular complexity index is 689. The molecule has 2 N–H and O–H groups in total. The molecule has 0 saturated carbocycles. The predicted octanol–water partition coefficient (Wildman–Crippen LogP) is 4.45. The summed E-state index contributed by atoms with van der Waals surface area (Å²) in [7, 11) is 0. The number of guanidine groups is 1. The molecule has 0 atom stereocenters. The maximum absolute atomic E-state index is 5.44. The second-order valence-electron chi connectivity index (χ2n) is 7.04. The molecule has 27 heavy (non-hydrogen) atoms. The third-order valence-corrected chi connectivity index (χ3v) is 4.60. The summed E-state index contributed by atoms with van der Waals surface area (Å²) in [6.45, 7) is 12.9. The van der Waals surface area contributed by atoms with Gasteiger partial charge in [0.2, 0.25) is 0 Å². The average Bonchev–Trinajstić information content (AvgIpc) is 3.06. The summed E-state index contributed by atoms with van der Waals surface area (Å²) in [6, 6.07) is 10.6. The van der Waals surface area contributed by atoms with E-state index in [4.69, 9.17) is 9.52 Å². The predicted molar refractivity (Wildman–Crippen MR) is 123 cm³/mol. The topological polar surface area (TPSA) is 62.5 Å². The number of aromatic nitrogens is 1. The summed E-state index contributed by atoms with van der Waals surface area (Å²) in [5, 5.41) is 11.0. The van der Waals surface area contributed by atoms with Gasteiger partial charge in [-0.15, -0.1) is 24.0 Å². The van der Waals surface area contributed by atoms with Crippen molar-refractivity contribution >= 4 is 29.9 Å². The molecule has 1 aromatic heterocycles. The summed E-state index contributed by atoms with van der Waals surface area (Å²) in [5.41, 5.74) is 3.45. The van der Waals surface area contributed by atoms with Crippen molar-refractivity contribution < 1.29 is 4.52 Å². The first kappa shape index (κ1) is 23.5. The minimum atomic E-state index is 0. The summed E-state index contributed by atoms with van der Waals surface area (Å²) < 4.78 is 5.44. The Hall–Kier alpha value is -1.57. The first-order valence-electron chi connectivity index (χ1n) is 9.55. The molecule has 0 saturated heterocycles. The lowest BCUT2D eigenvalue weighted by molar-refractivity contribution is 0.380. The molecule has 0 amide bonds. The number of nitrogens with one attached hydrogen (secondary N) is 2. The molecule has 1 heterocycles. The van der Waals surface area contributed by atoms with Gasteiger partial charge in [0.15, 0.2) is 5.96 Å². The van der Waals surface area contributed by atoms with Crippen molar-refractivity contribution in [3.63, 3.8) is 0 Å². The van der Waals surface area contributed by atoms with Gasteiger partial charge in [-0.25, -0.2) is 4.99 Å². The van der Waals surface area contributed by atoms with Crippen molar-refractivity contribution in [1.29, 1.82) is 0 Å². The highest BCUT2D eigenvalue weighted by Crippen LogP contribution is 2.21. The summed E-state index contributed by atoms with van der Waals surface area (Å²) in [4.78, 5) is 4.76. The van der Waals surface area contributed by atoms with Gasteiger partial charge >= 0.3 is 0 Å². The van der Waals surface area contributed by atoms with Gasteiger partial charge in [0.25, 0.3) is 0 Å². The number of aliphatic imine (C=N–C) groups is 1. The number of hydrogen-bond acceptors (Lipinski definition) is 3. The molecule has 2 aromatic rings. The molecule has 5 nitrogen and oxygen atoms in total. The fraction of sp³-hybridized carbons (Fsp3) is 0.524. The number of nitrogens with zero attached hydrogens (tertiary/aromatic N) is 2. The first-order chi connectivity index (χ1) is 12.5. The van der Waals surface area contributed by atoms with Gasteiger partial charge in [-0.3, -0.25) is 0 Å². The normalized spacial score (nSPS) is 11.8. The number of aryl methyl sites for hydroxylation is 2. The van der Waals surface area contributed by atoms with E-state index >= 15 is 0 Å². The largest absolute Gasteiger partial charge is 0.361 e. The van der Waals surface area contributed by atoms with Crippen LogP contribution in [0.5, 0.6) is 0 Å². The highest BCUT2D eigenvalue weighted by atomic mass is 127. The molecule has 0 radical (unpaired) electrons. The Morgan fingerprint density at radius 2 is 1.78 bits per heavy atom. The van der Waals surface area contributed by atoms with Crippen LogP contribution in [0.4, 0.5) is 0 Å². The molecule has 6 heteroatoms. The smallest absolute Gasteiger partial charge is 0.191 e. The zero-order valence-electron chi connectivity index (χ0n) is 17.1. The highest BCUT2D eigenvalue weighted by Gasteiger charge is 2.20. The van der Waals surface area contributed by atoms with Gasteiger partial charge < -0.3 is 15.2 Å². The molecule has 0 aliphatic carbocycles. The maximum atomic E-state index is 5.44. The van der Waals surface area contributed by atoms with Crippen molar-refractivity contribution in [2.24, 2.45) is 4.99 Å². The van der Waals surface area contributed by atoms with Crippen molar-refractivity contribution in [1.82, 2.24) is 15.8 Å². The summed E-state index contributed by atoms with van der Waals surface area (Å²) in [5.74, 6) is 1.76. The van der Waals surface area contributed by atoms with Crippen LogP contribution in [0.15, 0.2) is 39.8 Å². The summed E-state index contributed by atoms with van der Waals surface area (Å²) in [6.07, 6.45) is 1.70. The molecule has 0 bridgehead atoms. The molecule has 0 aliphatic heterocycles. The third kappa shape index (κ3) is 6.52. The van der Waals surface area contributed by atoms with Crippen LogP contribution in [-0.2, 0) is 24.8 Å². The van der Waals surface area contributed by atoms with E-state index in [0.717, 1.165) is 48.9 Å². The lowest BCUT2D eigenvalue weighted by Crippen LogP contribution is -2.43. The lowest BCUT2D eigenvalue weighted by atomic mass is 9.85. The van der Waals surface area contributed by atoms with Crippen LogP contribution < -0.4 is 10.6 Å². The van der Waals surface area contributed by atoms with Gasteiger partial charge in [0.1, 0.15) is 5.76 Å². The molecule has 150 valence electrons. The van der Waals surface area contributed by atoms with E-state index in [2.05, 4.69) is 74.7 Å². The molecular weight excluding hydrogens is 451 g/mol. The SMILES string of the molecule is CCNC(=NCc1c(CC)noc1CC)NCC(C)(C)c1ccccc1.I. The van der Waals surface area contributed by atoms with E-state index in [9.17, 15) is 0 Å². The standard InChI is InChI=1S/C21H32N4O.HI/c1-6-18-17(19(7-2)26-25-18)14-23-20(22-8-3)24-15-21(4,5)16-12-10-9-11-13-16;/h9-13H,6-8,14-15H2,1-5H3,(H2,22,23,24);1H. The number of benzene rings is 1. The Morgan fingerprint density at radius 3 is 2.37 bits per heavy atom. The van der Waals surface area contributed by atoms with Crippen LogP contribution in [-0.4, -0.2) is 24.2 Å². The minimum absolute atomic E-state index is 0. The Balaban J connectivity index is 0.00000364. The lowest BCUT2D eigenvalue weighted by Gasteiger charge is -2.26. The van der Waals surface area contributed by atoms with Crippen molar-refractivity contribution in [2.45, 2.75) is 59.4 Å². The van der Waals surface area contributed by atoms with Crippen LogP contribution in [0.25, 0.3) is 0 Å². The van der Waals surface area contributed by atoms with E-state index in [1.165, 1.54) is 5.56 Å². The van der Waals surface area contributed by atoms with Gasteiger partial charge in [0, 0.05) is 30.5 Å². The fourth-order valence-electron chi connectivity index (χ4n) is 2.91. The maximum Gasteiger partial charge on any atom is 0.191 e. The zero-order valence-corrected chi connectivity index (χ0v) is 19.5. The Morgan fingerprint density at radius 1 is 1.07 bits per heavy atom. The first-order valence-corrected chi connectivity index (χ1v) is 9.55. The van der Waals surface area contributed by atoms with Gasteiger partial charge in [0.05, 0.1) is 12.2 Å².